The van der Waals surface area contributed by atoms with Gasteiger partial charge in [0.2, 0.25) is 0 Å². The summed E-state index contributed by atoms with van der Waals surface area (Å²) in [5.74, 6) is -1.46. The number of anilines is 1. The van der Waals surface area contributed by atoms with E-state index in [1.165, 1.54) is 0 Å². The topological polar surface area (TPSA) is 84.5 Å². The van der Waals surface area contributed by atoms with Gasteiger partial charge in [0.15, 0.2) is 6.61 Å². The lowest BCUT2D eigenvalue weighted by Crippen LogP contribution is -2.32. The number of hydrogen-bond donors (Lipinski definition) is 2. The highest BCUT2D eigenvalue weighted by Gasteiger charge is 2.13. The van der Waals surface area contributed by atoms with E-state index >= 15 is 0 Å². The number of amides is 2. The van der Waals surface area contributed by atoms with Crippen LogP contribution in [0.4, 0.5) is 5.69 Å². The van der Waals surface area contributed by atoms with Gasteiger partial charge in [0.25, 0.3) is 11.8 Å². The summed E-state index contributed by atoms with van der Waals surface area (Å²) in [6.07, 6.45) is 0.780. The Labute approximate surface area is 158 Å². The van der Waals surface area contributed by atoms with E-state index in [9.17, 15) is 14.4 Å². The van der Waals surface area contributed by atoms with Crippen molar-refractivity contribution < 1.29 is 19.1 Å². The molecule has 2 aromatic carbocycles. The molecule has 0 radical (unpaired) electrons. The van der Waals surface area contributed by atoms with Crippen LogP contribution in [0.5, 0.6) is 0 Å². The Morgan fingerprint density at radius 3 is 2.48 bits per heavy atom. The molecule has 0 bridgehead atoms. The van der Waals surface area contributed by atoms with Gasteiger partial charge >= 0.3 is 5.97 Å². The van der Waals surface area contributed by atoms with Gasteiger partial charge in [-0.05, 0) is 43.5 Å². The minimum Gasteiger partial charge on any atom is -0.454 e. The first kappa shape index (κ1) is 20.2. The zero-order valence-electron chi connectivity index (χ0n) is 15.8. The molecule has 0 saturated heterocycles. The fourth-order valence-electron chi connectivity index (χ4n) is 2.62. The summed E-state index contributed by atoms with van der Waals surface area (Å²) in [6.45, 7) is 5.08. The number of ether oxygens (including phenoxy) is 1. The molecule has 0 saturated carbocycles. The number of benzene rings is 2. The fraction of sp³-hybridized carbons (Fsp3) is 0.286. The van der Waals surface area contributed by atoms with Crippen molar-refractivity contribution in [2.24, 2.45) is 0 Å². The first-order valence-electron chi connectivity index (χ1n) is 8.79. The van der Waals surface area contributed by atoms with Crippen LogP contribution in [-0.4, -0.2) is 30.9 Å². The van der Waals surface area contributed by atoms with Crippen LogP contribution < -0.4 is 10.6 Å². The largest absolute Gasteiger partial charge is 0.454 e. The highest BCUT2D eigenvalue weighted by atomic mass is 16.5. The molecule has 2 rings (SSSR count). The van der Waals surface area contributed by atoms with Gasteiger partial charge in [-0.1, -0.05) is 42.8 Å². The van der Waals surface area contributed by atoms with Crippen molar-refractivity contribution in [3.63, 3.8) is 0 Å². The molecule has 0 unspecified atom stereocenters. The number of carbonyl (C=O) groups excluding carboxylic acids is 3. The Hall–Kier alpha value is -3.15. The molecule has 0 aromatic heterocycles. The minimum atomic E-state index is -0.674. The van der Waals surface area contributed by atoms with E-state index < -0.39 is 18.5 Å². The van der Waals surface area contributed by atoms with Crippen LogP contribution in [0.2, 0.25) is 0 Å². The zero-order chi connectivity index (χ0) is 19.8. The van der Waals surface area contributed by atoms with Crippen LogP contribution in [0.15, 0.2) is 42.5 Å². The van der Waals surface area contributed by atoms with Gasteiger partial charge in [-0.25, -0.2) is 0 Å². The third-order valence-electron chi connectivity index (χ3n) is 4.04. The Bertz CT molecular complexity index is 846. The maximum absolute atomic E-state index is 12.1. The van der Waals surface area contributed by atoms with E-state index in [0.717, 1.165) is 28.8 Å². The van der Waals surface area contributed by atoms with Crippen LogP contribution in [0.1, 0.15) is 34.0 Å². The number of aryl methyl sites for hydroxylation is 3. The van der Waals surface area contributed by atoms with Crippen molar-refractivity contribution in [2.45, 2.75) is 27.2 Å². The van der Waals surface area contributed by atoms with Crippen LogP contribution in [0.3, 0.4) is 0 Å². The number of hydrogen-bond acceptors (Lipinski definition) is 4. The van der Waals surface area contributed by atoms with Crippen molar-refractivity contribution in [1.29, 1.82) is 0 Å². The summed E-state index contributed by atoms with van der Waals surface area (Å²) in [7, 11) is 0. The standard InChI is InChI=1S/C21H24N2O4/c1-4-16-9-6-8-15(3)20(16)23-18(24)13-27-19(25)12-22-21(26)17-10-5-7-14(2)11-17/h5-11H,4,12-13H2,1-3H3,(H,22,26)(H,23,24). The van der Waals surface area contributed by atoms with Crippen molar-refractivity contribution in [3.05, 3.63) is 64.7 Å². The lowest BCUT2D eigenvalue weighted by molar-refractivity contribution is -0.146. The molecule has 142 valence electrons. The Morgan fingerprint density at radius 2 is 1.78 bits per heavy atom. The number of nitrogens with one attached hydrogen (secondary N) is 2. The molecule has 6 heteroatoms. The number of carbonyl (C=O) groups is 3. The first-order chi connectivity index (χ1) is 12.9. The predicted molar refractivity (Wildman–Crippen MR) is 104 cm³/mol. The number of esters is 1. The summed E-state index contributed by atoms with van der Waals surface area (Å²) >= 11 is 0. The minimum absolute atomic E-state index is 0.301. The molecule has 0 aliphatic carbocycles. The average Bonchev–Trinajstić information content (AvgIpc) is 2.66. The van der Waals surface area contributed by atoms with Gasteiger partial charge < -0.3 is 15.4 Å². The molecule has 0 heterocycles. The maximum Gasteiger partial charge on any atom is 0.325 e. The quantitative estimate of drug-likeness (QED) is 0.736. The van der Waals surface area contributed by atoms with Crippen LogP contribution in [0.25, 0.3) is 0 Å². The molecular formula is C21H24N2O4. The van der Waals surface area contributed by atoms with Gasteiger partial charge in [-0.3, -0.25) is 14.4 Å². The maximum atomic E-state index is 12.1. The van der Waals surface area contributed by atoms with E-state index in [1.807, 2.05) is 45.0 Å². The molecule has 0 fully saturated rings. The molecular weight excluding hydrogens is 344 g/mol. The monoisotopic (exact) mass is 368 g/mol. The van der Waals surface area contributed by atoms with E-state index in [-0.39, 0.29) is 12.5 Å². The normalized spacial score (nSPS) is 10.2. The second-order valence-electron chi connectivity index (χ2n) is 6.22. The summed E-state index contributed by atoms with van der Waals surface area (Å²) < 4.78 is 4.93. The molecule has 6 nitrogen and oxygen atoms in total. The molecule has 27 heavy (non-hydrogen) atoms. The van der Waals surface area contributed by atoms with Gasteiger partial charge in [0.05, 0.1) is 0 Å². The van der Waals surface area contributed by atoms with Gasteiger partial charge in [0, 0.05) is 11.3 Å². The molecule has 0 spiro atoms. The molecule has 2 aromatic rings. The lowest BCUT2D eigenvalue weighted by atomic mass is 10.1. The Kier molecular flexibility index (Phi) is 7.11. The van der Waals surface area contributed by atoms with Crippen LogP contribution >= 0.6 is 0 Å². The van der Waals surface area contributed by atoms with Crippen LogP contribution in [0, 0.1) is 13.8 Å². The smallest absolute Gasteiger partial charge is 0.325 e. The third-order valence-corrected chi connectivity index (χ3v) is 4.04. The molecule has 0 atom stereocenters. The molecule has 0 aliphatic rings. The number of para-hydroxylation sites is 1. The summed E-state index contributed by atoms with van der Waals surface area (Å²) in [5.41, 5.74) is 4.12. The second kappa shape index (κ2) is 9.52. The van der Waals surface area contributed by atoms with Crippen molar-refractivity contribution in [1.82, 2.24) is 5.32 Å². The van der Waals surface area contributed by atoms with Crippen molar-refractivity contribution >= 4 is 23.5 Å². The molecule has 2 N–H and O–H groups in total. The predicted octanol–water partition coefficient (Wildman–Crippen LogP) is 2.78. The SMILES string of the molecule is CCc1cccc(C)c1NC(=O)COC(=O)CNC(=O)c1cccc(C)c1. The second-order valence-corrected chi connectivity index (χ2v) is 6.22. The van der Waals surface area contributed by atoms with Gasteiger partial charge in [-0.2, -0.15) is 0 Å². The third kappa shape index (κ3) is 5.95. The van der Waals surface area contributed by atoms with Crippen molar-refractivity contribution in [3.8, 4) is 0 Å². The summed E-state index contributed by atoms with van der Waals surface area (Å²) in [5, 5.41) is 5.26. The lowest BCUT2D eigenvalue weighted by Gasteiger charge is -2.13. The van der Waals surface area contributed by atoms with Gasteiger partial charge in [-0.15, -0.1) is 0 Å². The van der Waals surface area contributed by atoms with Crippen LogP contribution in [-0.2, 0) is 20.7 Å². The summed E-state index contributed by atoms with van der Waals surface area (Å²) in [4.78, 5) is 35.8. The highest BCUT2D eigenvalue weighted by molar-refractivity contribution is 5.97. The van der Waals surface area contributed by atoms with E-state index in [4.69, 9.17) is 4.74 Å². The van der Waals surface area contributed by atoms with E-state index in [2.05, 4.69) is 10.6 Å². The fourth-order valence-corrected chi connectivity index (χ4v) is 2.62. The van der Waals surface area contributed by atoms with E-state index in [1.54, 1.807) is 18.2 Å². The Balaban J connectivity index is 1.80. The average molecular weight is 368 g/mol. The first-order valence-corrected chi connectivity index (χ1v) is 8.79. The van der Waals surface area contributed by atoms with E-state index in [0.29, 0.717) is 5.56 Å². The van der Waals surface area contributed by atoms with Crippen molar-refractivity contribution in [2.75, 3.05) is 18.5 Å². The molecule has 2 amide bonds. The molecule has 0 aliphatic heterocycles. The highest BCUT2D eigenvalue weighted by Crippen LogP contribution is 2.20. The zero-order valence-corrected chi connectivity index (χ0v) is 15.8. The van der Waals surface area contributed by atoms with Gasteiger partial charge in [0.1, 0.15) is 6.54 Å². The Morgan fingerprint density at radius 1 is 1.04 bits per heavy atom. The number of rotatable bonds is 7. The summed E-state index contributed by atoms with van der Waals surface area (Å²) in [6, 6.07) is 12.8.